The number of methoxy groups -OCH3 is 1. The summed E-state index contributed by atoms with van der Waals surface area (Å²) in [6.45, 7) is 0. The third-order valence-corrected chi connectivity index (χ3v) is 6.20. The average Bonchev–Trinajstić information content (AvgIpc) is 2.96. The molecule has 4 atom stereocenters. The molecule has 0 unspecified atom stereocenters. The Bertz CT molecular complexity index is 724. The van der Waals surface area contributed by atoms with E-state index in [9.17, 15) is 4.79 Å². The molecule has 4 rings (SSSR count). The summed E-state index contributed by atoms with van der Waals surface area (Å²) in [6, 6.07) is 21.2. The van der Waals surface area contributed by atoms with Crippen molar-refractivity contribution in [1.29, 1.82) is 0 Å². The van der Waals surface area contributed by atoms with Gasteiger partial charge >= 0.3 is 5.97 Å². The van der Waals surface area contributed by atoms with Gasteiger partial charge in [-0.15, -0.1) is 0 Å². The summed E-state index contributed by atoms with van der Waals surface area (Å²) in [7, 11) is 3.60. The number of carbonyl (C=O) groups excluding carboxylic acids is 1. The minimum Gasteiger partial charge on any atom is -0.469 e. The lowest BCUT2D eigenvalue weighted by Gasteiger charge is -2.42. The van der Waals surface area contributed by atoms with Gasteiger partial charge in [0.1, 0.15) is 6.10 Å². The molecule has 0 amide bonds. The Kier molecular flexibility index (Phi) is 5.28. The molecule has 2 aliphatic heterocycles. The van der Waals surface area contributed by atoms with Gasteiger partial charge in [0.05, 0.1) is 19.1 Å². The van der Waals surface area contributed by atoms with E-state index in [-0.39, 0.29) is 30.1 Å². The fourth-order valence-electron chi connectivity index (χ4n) is 4.79. The Balaban J connectivity index is 1.66. The molecule has 0 N–H and O–H groups in total. The Morgan fingerprint density at radius 1 is 1.00 bits per heavy atom. The van der Waals surface area contributed by atoms with Crippen molar-refractivity contribution in [2.75, 3.05) is 14.2 Å². The zero-order chi connectivity index (χ0) is 18.8. The van der Waals surface area contributed by atoms with E-state index in [4.69, 9.17) is 9.47 Å². The number of hydrogen-bond acceptors (Lipinski definition) is 4. The monoisotopic (exact) mass is 365 g/mol. The Labute approximate surface area is 161 Å². The molecule has 0 aliphatic carbocycles. The molecule has 4 heteroatoms. The highest BCUT2D eigenvalue weighted by Crippen LogP contribution is 2.42. The predicted molar refractivity (Wildman–Crippen MR) is 104 cm³/mol. The standard InChI is InChI=1S/C23H27NO3/c1-24-18-13-14-19(24)21(23(25)26-2)20(15-18)27-22(16-9-5-3-6-10-16)17-11-7-4-8-12-17/h3-12,18-22H,13-15H2,1-2H3/t18-,19+,20+,21+/m1/s1. The summed E-state index contributed by atoms with van der Waals surface area (Å²) in [4.78, 5) is 15.0. The first-order valence-electron chi connectivity index (χ1n) is 9.74. The first-order chi connectivity index (χ1) is 13.2. The lowest BCUT2D eigenvalue weighted by molar-refractivity contribution is -0.162. The van der Waals surface area contributed by atoms with E-state index in [1.54, 1.807) is 0 Å². The van der Waals surface area contributed by atoms with E-state index in [2.05, 4.69) is 36.2 Å². The topological polar surface area (TPSA) is 38.8 Å². The van der Waals surface area contributed by atoms with Crippen molar-refractivity contribution in [2.45, 2.75) is 43.6 Å². The number of rotatable bonds is 5. The lowest BCUT2D eigenvalue weighted by Crippen LogP contribution is -2.53. The van der Waals surface area contributed by atoms with Gasteiger partial charge in [-0.3, -0.25) is 9.69 Å². The maximum Gasteiger partial charge on any atom is 0.312 e. The van der Waals surface area contributed by atoms with E-state index < -0.39 is 0 Å². The second-order valence-electron chi connectivity index (χ2n) is 7.62. The number of benzene rings is 2. The van der Waals surface area contributed by atoms with Gasteiger partial charge in [-0.2, -0.15) is 0 Å². The lowest BCUT2D eigenvalue weighted by atomic mass is 9.87. The summed E-state index contributed by atoms with van der Waals surface area (Å²) in [5.41, 5.74) is 2.22. The SMILES string of the molecule is COC(=O)[C@@H]1[C@@H](OC(c2ccccc2)c2ccccc2)C[C@H]2CC[C@@H]1N2C. The maximum atomic E-state index is 12.6. The highest BCUT2D eigenvalue weighted by Gasteiger charge is 2.50. The zero-order valence-electron chi connectivity index (χ0n) is 16.0. The van der Waals surface area contributed by atoms with Crippen LogP contribution in [-0.2, 0) is 14.3 Å². The molecule has 2 aromatic rings. The van der Waals surface area contributed by atoms with Crippen LogP contribution in [0, 0.1) is 5.92 Å². The molecular weight excluding hydrogens is 338 g/mol. The summed E-state index contributed by atoms with van der Waals surface area (Å²) in [5.74, 6) is -0.397. The molecular formula is C23H27NO3. The fourth-order valence-corrected chi connectivity index (χ4v) is 4.79. The van der Waals surface area contributed by atoms with E-state index in [0.29, 0.717) is 6.04 Å². The van der Waals surface area contributed by atoms with Gasteiger partial charge in [0.15, 0.2) is 0 Å². The zero-order valence-corrected chi connectivity index (χ0v) is 16.0. The number of ether oxygens (including phenoxy) is 2. The van der Waals surface area contributed by atoms with Crippen molar-refractivity contribution in [3.63, 3.8) is 0 Å². The van der Waals surface area contributed by atoms with Crippen LogP contribution in [0.4, 0.5) is 0 Å². The number of carbonyl (C=O) groups is 1. The average molecular weight is 365 g/mol. The molecule has 0 radical (unpaired) electrons. The van der Waals surface area contributed by atoms with Crippen LogP contribution >= 0.6 is 0 Å². The molecule has 27 heavy (non-hydrogen) atoms. The number of esters is 1. The summed E-state index contributed by atoms with van der Waals surface area (Å²) in [6.07, 6.45) is 2.69. The van der Waals surface area contributed by atoms with Gasteiger partial charge in [0.25, 0.3) is 0 Å². The number of piperidine rings is 1. The van der Waals surface area contributed by atoms with Crippen LogP contribution in [0.3, 0.4) is 0 Å². The third-order valence-electron chi connectivity index (χ3n) is 6.20. The molecule has 0 aromatic heterocycles. The number of nitrogens with zero attached hydrogens (tertiary/aromatic N) is 1. The molecule has 2 aliphatic rings. The Hall–Kier alpha value is -2.17. The molecule has 2 aromatic carbocycles. The van der Waals surface area contributed by atoms with Crippen LogP contribution in [0.1, 0.15) is 36.5 Å². The van der Waals surface area contributed by atoms with Crippen molar-refractivity contribution in [1.82, 2.24) is 4.90 Å². The van der Waals surface area contributed by atoms with Gasteiger partial charge in [-0.1, -0.05) is 60.7 Å². The molecule has 4 nitrogen and oxygen atoms in total. The van der Waals surface area contributed by atoms with Gasteiger partial charge in [0, 0.05) is 12.1 Å². The predicted octanol–water partition coefficient (Wildman–Crippen LogP) is 3.82. The number of fused-ring (bicyclic) bond motifs is 2. The van der Waals surface area contributed by atoms with E-state index in [1.807, 2.05) is 36.4 Å². The summed E-state index contributed by atoms with van der Waals surface area (Å²) in [5, 5.41) is 0. The molecule has 2 saturated heterocycles. The smallest absolute Gasteiger partial charge is 0.312 e. The van der Waals surface area contributed by atoms with Crippen molar-refractivity contribution in [3.8, 4) is 0 Å². The minimum absolute atomic E-state index is 0.142. The van der Waals surface area contributed by atoms with Crippen LogP contribution in [0.2, 0.25) is 0 Å². The normalized spacial score (nSPS) is 27.7. The van der Waals surface area contributed by atoms with Crippen molar-refractivity contribution in [3.05, 3.63) is 71.8 Å². The molecule has 142 valence electrons. The van der Waals surface area contributed by atoms with Crippen LogP contribution < -0.4 is 0 Å². The molecule has 2 heterocycles. The number of hydrogen-bond donors (Lipinski definition) is 0. The van der Waals surface area contributed by atoms with E-state index in [1.165, 1.54) is 7.11 Å². The second-order valence-corrected chi connectivity index (χ2v) is 7.62. The first-order valence-corrected chi connectivity index (χ1v) is 9.74. The van der Waals surface area contributed by atoms with Gasteiger partial charge in [0.2, 0.25) is 0 Å². The van der Waals surface area contributed by atoms with E-state index in [0.717, 1.165) is 30.4 Å². The Morgan fingerprint density at radius 2 is 1.59 bits per heavy atom. The highest BCUT2D eigenvalue weighted by atomic mass is 16.5. The van der Waals surface area contributed by atoms with Crippen LogP contribution in [0.25, 0.3) is 0 Å². The van der Waals surface area contributed by atoms with Crippen molar-refractivity contribution >= 4 is 5.97 Å². The summed E-state index contributed by atoms with van der Waals surface area (Å²) < 4.78 is 11.9. The summed E-state index contributed by atoms with van der Waals surface area (Å²) >= 11 is 0. The van der Waals surface area contributed by atoms with Crippen molar-refractivity contribution in [2.24, 2.45) is 5.92 Å². The highest BCUT2D eigenvalue weighted by molar-refractivity contribution is 5.74. The fraction of sp³-hybridized carbons (Fsp3) is 0.435. The van der Waals surface area contributed by atoms with Gasteiger partial charge < -0.3 is 9.47 Å². The second kappa shape index (κ2) is 7.83. The largest absolute Gasteiger partial charge is 0.469 e. The van der Waals surface area contributed by atoms with E-state index >= 15 is 0 Å². The van der Waals surface area contributed by atoms with Crippen LogP contribution in [-0.4, -0.2) is 43.2 Å². The molecule has 0 saturated carbocycles. The molecule has 2 bridgehead atoms. The first kappa shape index (κ1) is 18.2. The van der Waals surface area contributed by atoms with Crippen LogP contribution in [0.15, 0.2) is 60.7 Å². The van der Waals surface area contributed by atoms with Gasteiger partial charge in [-0.25, -0.2) is 0 Å². The van der Waals surface area contributed by atoms with Gasteiger partial charge in [-0.05, 0) is 37.4 Å². The van der Waals surface area contributed by atoms with Crippen molar-refractivity contribution < 1.29 is 14.3 Å². The third kappa shape index (κ3) is 3.52. The molecule has 0 spiro atoms. The van der Waals surface area contributed by atoms with Crippen LogP contribution in [0.5, 0.6) is 0 Å². The Morgan fingerprint density at radius 3 is 2.15 bits per heavy atom. The maximum absolute atomic E-state index is 12.6. The minimum atomic E-state index is -0.242. The quantitative estimate of drug-likeness (QED) is 0.755. The molecule has 2 fully saturated rings.